The van der Waals surface area contributed by atoms with Crippen LogP contribution in [-0.2, 0) is 4.74 Å². The molecular formula is C18H24N6O2. The number of aryl methyl sites for hydroxylation is 1. The fraction of sp³-hybridized carbons (Fsp3) is 0.556. The molecule has 2 aromatic heterocycles. The maximum Gasteiger partial charge on any atom is 0.407 e. The summed E-state index contributed by atoms with van der Waals surface area (Å²) in [5, 5.41) is 13.5. The van der Waals surface area contributed by atoms with Gasteiger partial charge in [-0.2, -0.15) is 5.10 Å². The summed E-state index contributed by atoms with van der Waals surface area (Å²) in [6.07, 6.45) is 7.71. The van der Waals surface area contributed by atoms with Crippen molar-refractivity contribution in [3.63, 3.8) is 0 Å². The summed E-state index contributed by atoms with van der Waals surface area (Å²) in [6, 6.07) is 1.99. The van der Waals surface area contributed by atoms with Crippen molar-refractivity contribution in [3.8, 4) is 0 Å². The Morgan fingerprint density at radius 3 is 2.88 bits per heavy atom. The van der Waals surface area contributed by atoms with E-state index in [0.29, 0.717) is 17.6 Å². The minimum Gasteiger partial charge on any atom is -0.446 e. The van der Waals surface area contributed by atoms with Gasteiger partial charge in [-0.1, -0.05) is 0 Å². The summed E-state index contributed by atoms with van der Waals surface area (Å²) in [7, 11) is 0. The predicted molar refractivity (Wildman–Crippen MR) is 96.3 cm³/mol. The monoisotopic (exact) mass is 356 g/mol. The fourth-order valence-corrected chi connectivity index (χ4v) is 3.33. The van der Waals surface area contributed by atoms with E-state index in [1.165, 1.54) is 0 Å². The normalized spacial score (nSPS) is 23.5. The molecule has 4 rings (SSSR count). The molecule has 2 aliphatic carbocycles. The van der Waals surface area contributed by atoms with Crippen LogP contribution in [0.1, 0.15) is 56.3 Å². The number of carbonyl (C=O) groups excluding carboxylic acids is 1. The number of aromatic amines is 1. The molecule has 2 aromatic rings. The van der Waals surface area contributed by atoms with Gasteiger partial charge in [-0.15, -0.1) is 0 Å². The Bertz CT molecular complexity index is 800. The van der Waals surface area contributed by atoms with Crippen LogP contribution in [0.4, 0.5) is 16.4 Å². The van der Waals surface area contributed by atoms with Crippen LogP contribution in [0.3, 0.4) is 0 Å². The molecule has 8 heteroatoms. The van der Waals surface area contributed by atoms with Crippen LogP contribution < -0.4 is 10.6 Å². The molecule has 0 radical (unpaired) electrons. The highest BCUT2D eigenvalue weighted by Crippen LogP contribution is 2.37. The predicted octanol–water partition coefficient (Wildman–Crippen LogP) is 3.17. The summed E-state index contributed by atoms with van der Waals surface area (Å²) in [5.74, 6) is 1.73. The first-order valence-electron chi connectivity index (χ1n) is 9.09. The molecule has 3 N–H and O–H groups in total. The number of nitrogens with one attached hydrogen (secondary N) is 3. The maximum absolute atomic E-state index is 12.0. The number of ether oxygens (including phenoxy) is 1. The number of aromatic nitrogens is 4. The van der Waals surface area contributed by atoms with Crippen molar-refractivity contribution in [3.05, 3.63) is 29.8 Å². The number of amides is 1. The second kappa shape index (κ2) is 6.59. The van der Waals surface area contributed by atoms with Crippen molar-refractivity contribution in [1.82, 2.24) is 25.5 Å². The van der Waals surface area contributed by atoms with E-state index in [4.69, 9.17) is 4.74 Å². The van der Waals surface area contributed by atoms with Gasteiger partial charge in [0.25, 0.3) is 0 Å². The van der Waals surface area contributed by atoms with Gasteiger partial charge in [-0.3, -0.25) is 10.1 Å². The largest absolute Gasteiger partial charge is 0.446 e. The Labute approximate surface area is 152 Å². The zero-order chi connectivity index (χ0) is 18.1. The quantitative estimate of drug-likeness (QED) is 0.760. The van der Waals surface area contributed by atoms with Crippen LogP contribution in [0.2, 0.25) is 0 Å². The molecule has 2 saturated carbocycles. The number of alkyl carbamates (subject to hydrolysis) is 1. The number of carbonyl (C=O) groups is 1. The van der Waals surface area contributed by atoms with Gasteiger partial charge in [0, 0.05) is 35.6 Å². The summed E-state index contributed by atoms with van der Waals surface area (Å²) >= 11 is 0. The van der Waals surface area contributed by atoms with E-state index in [2.05, 4.69) is 30.8 Å². The first kappa shape index (κ1) is 16.8. The van der Waals surface area contributed by atoms with E-state index in [9.17, 15) is 4.79 Å². The third-order valence-electron chi connectivity index (χ3n) is 5.23. The fourth-order valence-electron chi connectivity index (χ4n) is 3.33. The smallest absolute Gasteiger partial charge is 0.407 e. The number of anilines is 2. The van der Waals surface area contributed by atoms with E-state index < -0.39 is 0 Å². The number of hydrogen-bond donors (Lipinski definition) is 3. The van der Waals surface area contributed by atoms with Crippen molar-refractivity contribution < 1.29 is 9.53 Å². The molecule has 8 nitrogen and oxygen atoms in total. The standard InChI is InChI=1S/C18H24N6O2/c1-11-16(20-8-7-19-11)21-15-10-14(23-24-15)12-3-4-13(9-12)26-17(25)22-18(2)5-6-18/h7-8,10,12-13H,3-6,9H2,1-2H3,(H,22,25)(H2,20,21,23,24)/t12-,13+/m0/s1. The molecule has 2 atom stereocenters. The topological polar surface area (TPSA) is 105 Å². The second-order valence-corrected chi connectivity index (χ2v) is 7.55. The van der Waals surface area contributed by atoms with Crippen LogP contribution in [0, 0.1) is 6.92 Å². The summed E-state index contributed by atoms with van der Waals surface area (Å²) in [4.78, 5) is 20.4. The van der Waals surface area contributed by atoms with Crippen molar-refractivity contribution in [2.75, 3.05) is 5.32 Å². The van der Waals surface area contributed by atoms with Crippen molar-refractivity contribution in [2.45, 2.75) is 63.5 Å². The van der Waals surface area contributed by atoms with E-state index in [-0.39, 0.29) is 17.7 Å². The third-order valence-corrected chi connectivity index (χ3v) is 5.23. The lowest BCUT2D eigenvalue weighted by atomic mass is 10.0. The molecule has 0 bridgehead atoms. The van der Waals surface area contributed by atoms with Crippen LogP contribution in [0.5, 0.6) is 0 Å². The molecular weight excluding hydrogens is 332 g/mol. The van der Waals surface area contributed by atoms with Gasteiger partial charge in [0.2, 0.25) is 0 Å². The molecule has 1 amide bonds. The highest BCUT2D eigenvalue weighted by molar-refractivity contribution is 5.69. The van der Waals surface area contributed by atoms with E-state index in [0.717, 1.165) is 43.5 Å². The summed E-state index contributed by atoms with van der Waals surface area (Å²) in [6.45, 7) is 3.94. The molecule has 0 unspecified atom stereocenters. The van der Waals surface area contributed by atoms with Gasteiger partial charge in [0.15, 0.2) is 11.6 Å². The van der Waals surface area contributed by atoms with Gasteiger partial charge in [0.05, 0.1) is 5.69 Å². The number of hydrogen-bond acceptors (Lipinski definition) is 6. The highest BCUT2D eigenvalue weighted by Gasteiger charge is 2.40. The number of nitrogens with zero attached hydrogens (tertiary/aromatic N) is 3. The average molecular weight is 356 g/mol. The molecule has 2 fully saturated rings. The lowest BCUT2D eigenvalue weighted by Crippen LogP contribution is -2.36. The maximum atomic E-state index is 12.0. The first-order chi connectivity index (χ1) is 12.5. The SMILES string of the molecule is Cc1nccnc1Nc1cc([C@H]2CC[C@@H](OC(=O)NC3(C)CC3)C2)[nH]n1. The molecule has 0 aliphatic heterocycles. The first-order valence-corrected chi connectivity index (χ1v) is 9.09. The van der Waals surface area contributed by atoms with E-state index in [1.54, 1.807) is 12.4 Å². The minimum atomic E-state index is -0.291. The minimum absolute atomic E-state index is 0.0377. The van der Waals surface area contributed by atoms with Crippen LogP contribution in [0.25, 0.3) is 0 Å². The number of rotatable bonds is 5. The lowest BCUT2D eigenvalue weighted by molar-refractivity contribution is 0.0967. The molecule has 2 heterocycles. The average Bonchev–Trinajstić information content (AvgIpc) is 3.01. The van der Waals surface area contributed by atoms with Crippen molar-refractivity contribution in [1.29, 1.82) is 0 Å². The summed E-state index contributed by atoms with van der Waals surface area (Å²) < 4.78 is 5.58. The van der Waals surface area contributed by atoms with E-state index >= 15 is 0 Å². The van der Waals surface area contributed by atoms with Gasteiger partial charge < -0.3 is 15.4 Å². The second-order valence-electron chi connectivity index (χ2n) is 7.55. The molecule has 26 heavy (non-hydrogen) atoms. The van der Waals surface area contributed by atoms with Crippen LogP contribution in [0.15, 0.2) is 18.5 Å². The Hall–Kier alpha value is -2.64. The lowest BCUT2D eigenvalue weighted by Gasteiger charge is -2.16. The van der Waals surface area contributed by atoms with Gasteiger partial charge in [-0.25, -0.2) is 9.78 Å². The molecule has 138 valence electrons. The summed E-state index contributed by atoms with van der Waals surface area (Å²) in [5.41, 5.74) is 1.83. The Balaban J connectivity index is 1.32. The molecule has 0 aromatic carbocycles. The zero-order valence-electron chi connectivity index (χ0n) is 15.1. The van der Waals surface area contributed by atoms with Crippen LogP contribution >= 0.6 is 0 Å². The number of H-pyrrole nitrogens is 1. The Kier molecular flexibility index (Phi) is 4.26. The van der Waals surface area contributed by atoms with Crippen LogP contribution in [-0.4, -0.2) is 37.9 Å². The molecule has 0 spiro atoms. The third kappa shape index (κ3) is 3.79. The Morgan fingerprint density at radius 1 is 1.31 bits per heavy atom. The van der Waals surface area contributed by atoms with Gasteiger partial charge >= 0.3 is 6.09 Å². The zero-order valence-corrected chi connectivity index (χ0v) is 15.1. The highest BCUT2D eigenvalue weighted by atomic mass is 16.6. The van der Waals surface area contributed by atoms with Crippen molar-refractivity contribution >= 4 is 17.7 Å². The van der Waals surface area contributed by atoms with E-state index in [1.807, 2.05) is 19.9 Å². The molecule has 2 aliphatic rings. The molecule has 0 saturated heterocycles. The van der Waals surface area contributed by atoms with Gasteiger partial charge in [-0.05, 0) is 46.0 Å². The van der Waals surface area contributed by atoms with Crippen molar-refractivity contribution in [2.24, 2.45) is 0 Å². The van der Waals surface area contributed by atoms with Gasteiger partial charge in [0.1, 0.15) is 6.10 Å². The Morgan fingerprint density at radius 2 is 2.12 bits per heavy atom.